The van der Waals surface area contributed by atoms with Gasteiger partial charge in [-0.15, -0.1) is 0 Å². The molecule has 158 valence electrons. The third-order valence-corrected chi connectivity index (χ3v) is 9.30. The van der Waals surface area contributed by atoms with E-state index in [1.54, 1.807) is 18.2 Å². The second-order valence-corrected chi connectivity index (χ2v) is 11.0. The molecule has 2 aliphatic heterocycles. The molecule has 30 heavy (non-hydrogen) atoms. The maximum Gasteiger partial charge on any atom is 0.244 e. The molecular weight excluding hydrogens is 420 g/mol. The lowest BCUT2D eigenvalue weighted by molar-refractivity contribution is -0.127. The van der Waals surface area contributed by atoms with E-state index in [1.165, 1.54) is 28.8 Å². The number of amides is 1. The topological polar surface area (TPSA) is 57.7 Å². The fraction of sp³-hybridized carbons (Fsp3) is 0.435. The summed E-state index contributed by atoms with van der Waals surface area (Å²) >= 11 is 6.13. The molecule has 1 aliphatic carbocycles. The largest absolute Gasteiger partial charge is 0.312 e. The van der Waals surface area contributed by atoms with Gasteiger partial charge in [0.2, 0.25) is 15.9 Å². The summed E-state index contributed by atoms with van der Waals surface area (Å²) in [6, 6.07) is 14.9. The molecule has 7 heteroatoms. The summed E-state index contributed by atoms with van der Waals surface area (Å²) in [5, 5.41) is 0.232. The predicted octanol–water partition coefficient (Wildman–Crippen LogP) is 4.43. The molecule has 2 aromatic carbocycles. The Labute approximate surface area is 182 Å². The zero-order valence-electron chi connectivity index (χ0n) is 16.8. The molecule has 5 nitrogen and oxygen atoms in total. The highest BCUT2D eigenvalue weighted by Gasteiger charge is 2.50. The maximum absolute atomic E-state index is 13.3. The number of halogens is 1. The van der Waals surface area contributed by atoms with E-state index in [4.69, 9.17) is 11.6 Å². The van der Waals surface area contributed by atoms with Gasteiger partial charge in [-0.3, -0.25) is 4.79 Å². The van der Waals surface area contributed by atoms with Crippen molar-refractivity contribution in [3.05, 3.63) is 59.1 Å². The second-order valence-electron chi connectivity index (χ2n) is 8.69. The van der Waals surface area contributed by atoms with E-state index in [2.05, 4.69) is 24.3 Å². The fourth-order valence-corrected chi connectivity index (χ4v) is 6.76. The van der Waals surface area contributed by atoms with E-state index in [1.807, 2.05) is 4.90 Å². The minimum atomic E-state index is -3.65. The van der Waals surface area contributed by atoms with Gasteiger partial charge < -0.3 is 4.90 Å². The number of hydrogen-bond acceptors (Lipinski definition) is 3. The zero-order valence-corrected chi connectivity index (χ0v) is 18.3. The smallest absolute Gasteiger partial charge is 0.244 e. The Morgan fingerprint density at radius 2 is 1.53 bits per heavy atom. The van der Waals surface area contributed by atoms with E-state index in [0.29, 0.717) is 38.4 Å². The first-order chi connectivity index (χ1) is 14.4. The van der Waals surface area contributed by atoms with Crippen LogP contribution in [0, 0.1) is 5.41 Å². The SMILES string of the molecule is O=C1N(c2ccc(C3CC3)cc2)CCC12CCN(S(=O)(=O)c1ccccc1Cl)CC2. The van der Waals surface area contributed by atoms with Crippen molar-refractivity contribution in [2.45, 2.75) is 42.9 Å². The van der Waals surface area contributed by atoms with Gasteiger partial charge in [0, 0.05) is 25.3 Å². The van der Waals surface area contributed by atoms with Gasteiger partial charge in [0.25, 0.3) is 0 Å². The highest BCUT2D eigenvalue weighted by molar-refractivity contribution is 7.89. The molecule has 5 rings (SSSR count). The minimum Gasteiger partial charge on any atom is -0.312 e. The van der Waals surface area contributed by atoms with E-state index in [0.717, 1.165) is 12.1 Å². The molecule has 3 aliphatic rings. The Morgan fingerprint density at radius 3 is 2.17 bits per heavy atom. The first-order valence-corrected chi connectivity index (χ1v) is 12.4. The van der Waals surface area contributed by atoms with Crippen LogP contribution in [0.5, 0.6) is 0 Å². The number of anilines is 1. The second kappa shape index (κ2) is 7.36. The van der Waals surface area contributed by atoms with Crippen LogP contribution in [0.3, 0.4) is 0 Å². The van der Waals surface area contributed by atoms with E-state index in [9.17, 15) is 13.2 Å². The number of carbonyl (C=O) groups excluding carboxylic acids is 1. The van der Waals surface area contributed by atoms with Crippen LogP contribution < -0.4 is 4.90 Å². The first kappa shape index (κ1) is 20.0. The van der Waals surface area contributed by atoms with Crippen LogP contribution in [0.15, 0.2) is 53.4 Å². The maximum atomic E-state index is 13.3. The Balaban J connectivity index is 1.30. The summed E-state index contributed by atoms with van der Waals surface area (Å²) < 4.78 is 27.5. The third kappa shape index (κ3) is 3.35. The first-order valence-electron chi connectivity index (χ1n) is 10.6. The molecule has 2 saturated heterocycles. The molecule has 1 saturated carbocycles. The Kier molecular flexibility index (Phi) is 4.92. The number of rotatable bonds is 4. The van der Waals surface area contributed by atoms with Gasteiger partial charge >= 0.3 is 0 Å². The number of piperidine rings is 1. The summed E-state index contributed by atoms with van der Waals surface area (Å²) in [7, 11) is -3.65. The van der Waals surface area contributed by atoms with Gasteiger partial charge in [0.05, 0.1) is 10.4 Å². The van der Waals surface area contributed by atoms with Crippen LogP contribution in [0.2, 0.25) is 5.02 Å². The van der Waals surface area contributed by atoms with Crippen LogP contribution in [0.25, 0.3) is 0 Å². The molecule has 0 unspecified atom stereocenters. The van der Waals surface area contributed by atoms with Crippen molar-refractivity contribution in [3.8, 4) is 0 Å². The molecule has 0 atom stereocenters. The number of nitrogens with zero attached hydrogens (tertiary/aromatic N) is 2. The summed E-state index contributed by atoms with van der Waals surface area (Å²) in [4.78, 5) is 15.4. The van der Waals surface area contributed by atoms with Crippen molar-refractivity contribution in [2.24, 2.45) is 5.41 Å². The highest BCUT2D eigenvalue weighted by Crippen LogP contribution is 2.45. The Hall–Kier alpha value is -1.89. The van der Waals surface area contributed by atoms with Crippen LogP contribution in [-0.2, 0) is 14.8 Å². The van der Waals surface area contributed by atoms with Crippen molar-refractivity contribution in [1.29, 1.82) is 0 Å². The standard InChI is InChI=1S/C23H25ClN2O3S/c24-20-3-1-2-4-21(20)30(28,29)25-14-11-23(12-15-25)13-16-26(22(23)27)19-9-7-18(8-10-19)17-5-6-17/h1-4,7-10,17H,5-6,11-16H2. The average molecular weight is 445 g/mol. The average Bonchev–Trinajstić information content (AvgIpc) is 3.56. The zero-order chi connectivity index (χ0) is 20.9. The van der Waals surface area contributed by atoms with Crippen molar-refractivity contribution in [1.82, 2.24) is 4.31 Å². The molecule has 3 fully saturated rings. The number of carbonyl (C=O) groups is 1. The minimum absolute atomic E-state index is 0.136. The highest BCUT2D eigenvalue weighted by atomic mass is 35.5. The molecule has 0 radical (unpaired) electrons. The van der Waals surface area contributed by atoms with Gasteiger partial charge in [-0.2, -0.15) is 4.31 Å². The normalized spacial score (nSPS) is 22.0. The number of benzene rings is 2. The van der Waals surface area contributed by atoms with Gasteiger partial charge in [-0.1, -0.05) is 35.9 Å². The Morgan fingerprint density at radius 1 is 0.900 bits per heavy atom. The van der Waals surface area contributed by atoms with Crippen LogP contribution in [-0.4, -0.2) is 38.3 Å². The monoisotopic (exact) mass is 444 g/mol. The predicted molar refractivity (Wildman–Crippen MR) is 117 cm³/mol. The molecule has 2 aromatic rings. The van der Waals surface area contributed by atoms with E-state index in [-0.39, 0.29) is 15.8 Å². The fourth-order valence-electron chi connectivity index (χ4n) is 4.82. The van der Waals surface area contributed by atoms with Gasteiger partial charge in [0.1, 0.15) is 4.90 Å². The lowest BCUT2D eigenvalue weighted by atomic mass is 9.77. The summed E-state index contributed by atoms with van der Waals surface area (Å²) in [6.45, 7) is 1.38. The van der Waals surface area contributed by atoms with Crippen molar-refractivity contribution in [3.63, 3.8) is 0 Å². The van der Waals surface area contributed by atoms with Crippen molar-refractivity contribution >= 4 is 33.2 Å². The van der Waals surface area contributed by atoms with Gasteiger partial charge in [0.15, 0.2) is 0 Å². The Bertz CT molecular complexity index is 1070. The van der Waals surface area contributed by atoms with Crippen LogP contribution >= 0.6 is 11.6 Å². The van der Waals surface area contributed by atoms with Crippen molar-refractivity contribution < 1.29 is 13.2 Å². The number of sulfonamides is 1. The lowest BCUT2D eigenvalue weighted by Crippen LogP contribution is -2.46. The summed E-state index contributed by atoms with van der Waals surface area (Å²) in [6.07, 6.45) is 4.39. The number of hydrogen-bond donors (Lipinski definition) is 0. The molecule has 2 heterocycles. The van der Waals surface area contributed by atoms with E-state index >= 15 is 0 Å². The quantitative estimate of drug-likeness (QED) is 0.701. The van der Waals surface area contributed by atoms with Gasteiger partial charge in [-0.05, 0) is 67.9 Å². The molecule has 0 N–H and O–H groups in total. The van der Waals surface area contributed by atoms with Crippen LogP contribution in [0.4, 0.5) is 5.69 Å². The van der Waals surface area contributed by atoms with Crippen molar-refractivity contribution in [2.75, 3.05) is 24.5 Å². The van der Waals surface area contributed by atoms with E-state index < -0.39 is 15.4 Å². The molecule has 0 bridgehead atoms. The third-order valence-electron chi connectivity index (χ3n) is 6.90. The summed E-state index contributed by atoms with van der Waals surface area (Å²) in [5.74, 6) is 0.834. The lowest BCUT2D eigenvalue weighted by Gasteiger charge is -2.37. The van der Waals surface area contributed by atoms with Crippen LogP contribution in [0.1, 0.15) is 43.6 Å². The molecule has 0 aromatic heterocycles. The van der Waals surface area contributed by atoms with Gasteiger partial charge in [-0.25, -0.2) is 8.42 Å². The molecular formula is C23H25ClN2O3S. The summed E-state index contributed by atoms with van der Waals surface area (Å²) in [5.41, 5.74) is 1.85. The molecule has 1 spiro atoms. The molecule has 1 amide bonds.